The molecule has 0 amide bonds. The quantitative estimate of drug-likeness (QED) is 0.873. The molecule has 0 saturated heterocycles. The highest BCUT2D eigenvalue weighted by Crippen LogP contribution is 2.36. The molecular weight excluding hydrogens is 326 g/mol. The molecule has 19 heavy (non-hydrogen) atoms. The van der Waals surface area contributed by atoms with E-state index in [1.165, 1.54) is 4.88 Å². The molecule has 0 fully saturated rings. The summed E-state index contributed by atoms with van der Waals surface area (Å²) in [4.78, 5) is 1.23. The van der Waals surface area contributed by atoms with Crippen LogP contribution in [-0.4, -0.2) is 23.9 Å². The summed E-state index contributed by atoms with van der Waals surface area (Å²) in [7, 11) is 3.65. The fourth-order valence-corrected chi connectivity index (χ4v) is 3.83. The molecule has 0 aliphatic heterocycles. The van der Waals surface area contributed by atoms with Gasteiger partial charge in [0.2, 0.25) is 0 Å². The third-order valence-electron chi connectivity index (χ3n) is 2.97. The zero-order chi connectivity index (χ0) is 13.8. The summed E-state index contributed by atoms with van der Waals surface area (Å²) in [5.74, 6) is 0.827. The number of methoxy groups -OCH3 is 1. The molecule has 1 unspecified atom stereocenters. The maximum atomic E-state index is 5.46. The Labute approximate surface area is 125 Å². The molecule has 0 aliphatic carbocycles. The van der Waals surface area contributed by atoms with Crippen LogP contribution in [0.2, 0.25) is 0 Å². The molecule has 2 rings (SSSR count). The fraction of sp³-hybridized carbons (Fsp3) is 0.462. The molecule has 0 saturated carbocycles. The first-order chi connectivity index (χ1) is 9.22. The van der Waals surface area contributed by atoms with Crippen molar-refractivity contribution in [1.29, 1.82) is 0 Å². The highest BCUT2D eigenvalue weighted by atomic mass is 79.9. The summed E-state index contributed by atoms with van der Waals surface area (Å²) in [6.45, 7) is 3.03. The van der Waals surface area contributed by atoms with Crippen molar-refractivity contribution in [3.63, 3.8) is 0 Å². The molecule has 4 nitrogen and oxygen atoms in total. The van der Waals surface area contributed by atoms with Crippen LogP contribution in [0.4, 0.5) is 0 Å². The van der Waals surface area contributed by atoms with Gasteiger partial charge in [0.05, 0.1) is 19.3 Å². The van der Waals surface area contributed by atoms with E-state index in [4.69, 9.17) is 4.74 Å². The molecule has 2 heterocycles. The Morgan fingerprint density at radius 2 is 2.37 bits per heavy atom. The van der Waals surface area contributed by atoms with Crippen LogP contribution >= 0.6 is 27.3 Å². The predicted molar refractivity (Wildman–Crippen MR) is 82.0 cm³/mol. The van der Waals surface area contributed by atoms with Crippen LogP contribution in [-0.2, 0) is 6.54 Å². The largest absolute Gasteiger partial charge is 0.493 e. The molecule has 1 atom stereocenters. The van der Waals surface area contributed by atoms with Gasteiger partial charge < -0.3 is 10.1 Å². The number of rotatable bonds is 6. The maximum absolute atomic E-state index is 5.46. The van der Waals surface area contributed by atoms with E-state index in [0.29, 0.717) is 0 Å². The normalized spacial score (nSPS) is 12.6. The number of aryl methyl sites for hydroxylation is 1. The lowest BCUT2D eigenvalue weighted by atomic mass is 10.1. The summed E-state index contributed by atoms with van der Waals surface area (Å²) >= 11 is 5.32. The van der Waals surface area contributed by atoms with E-state index >= 15 is 0 Å². The van der Waals surface area contributed by atoms with Crippen molar-refractivity contribution in [1.82, 2.24) is 15.1 Å². The van der Waals surface area contributed by atoms with E-state index < -0.39 is 0 Å². The van der Waals surface area contributed by atoms with Gasteiger partial charge in [0, 0.05) is 15.9 Å². The molecule has 2 aromatic heterocycles. The second-order valence-electron chi connectivity index (χ2n) is 4.18. The van der Waals surface area contributed by atoms with Crippen molar-refractivity contribution in [3.8, 4) is 5.75 Å². The van der Waals surface area contributed by atoms with Gasteiger partial charge in [-0.1, -0.05) is 6.92 Å². The molecule has 0 spiro atoms. The highest BCUT2D eigenvalue weighted by molar-refractivity contribution is 9.10. The standard InChI is InChI=1S/C13H18BrN3OS/c1-4-6-17-12(10(18-3)8-16-17)11(15-2)13-9(14)5-7-19-13/h5,7-8,11,15H,4,6H2,1-3H3. The minimum absolute atomic E-state index is 0.0818. The van der Waals surface area contributed by atoms with E-state index in [0.717, 1.165) is 28.9 Å². The number of hydrogen-bond acceptors (Lipinski definition) is 4. The molecule has 0 aliphatic rings. The van der Waals surface area contributed by atoms with E-state index in [9.17, 15) is 0 Å². The number of ether oxygens (including phenoxy) is 1. The number of nitrogens with one attached hydrogen (secondary N) is 1. The summed E-state index contributed by atoms with van der Waals surface area (Å²) in [5, 5.41) is 9.87. The lowest BCUT2D eigenvalue weighted by Crippen LogP contribution is -2.21. The first-order valence-electron chi connectivity index (χ1n) is 6.22. The lowest BCUT2D eigenvalue weighted by Gasteiger charge is -2.18. The molecule has 1 N–H and O–H groups in total. The van der Waals surface area contributed by atoms with Gasteiger partial charge in [-0.3, -0.25) is 4.68 Å². The Morgan fingerprint density at radius 3 is 2.89 bits per heavy atom. The topological polar surface area (TPSA) is 39.1 Å². The minimum atomic E-state index is 0.0818. The number of halogens is 1. The van der Waals surface area contributed by atoms with Crippen molar-refractivity contribution in [2.24, 2.45) is 0 Å². The smallest absolute Gasteiger partial charge is 0.161 e. The Balaban J connectivity index is 2.48. The predicted octanol–water partition coefficient (Wildman–Crippen LogP) is 3.43. The van der Waals surface area contributed by atoms with Crippen LogP contribution < -0.4 is 10.1 Å². The van der Waals surface area contributed by atoms with Gasteiger partial charge in [-0.15, -0.1) is 11.3 Å². The van der Waals surface area contributed by atoms with Crippen LogP contribution in [0, 0.1) is 0 Å². The molecule has 6 heteroatoms. The van der Waals surface area contributed by atoms with Gasteiger partial charge in [-0.05, 0) is 40.8 Å². The van der Waals surface area contributed by atoms with Crippen LogP contribution in [0.25, 0.3) is 0 Å². The molecule has 0 bridgehead atoms. The van der Waals surface area contributed by atoms with E-state index in [1.54, 1.807) is 24.6 Å². The fourth-order valence-electron chi connectivity index (χ4n) is 2.12. The zero-order valence-corrected chi connectivity index (χ0v) is 13.7. The number of hydrogen-bond donors (Lipinski definition) is 1. The monoisotopic (exact) mass is 343 g/mol. The van der Waals surface area contributed by atoms with Crippen molar-refractivity contribution in [2.75, 3.05) is 14.2 Å². The number of aromatic nitrogens is 2. The van der Waals surface area contributed by atoms with Gasteiger partial charge >= 0.3 is 0 Å². The third-order valence-corrected chi connectivity index (χ3v) is 4.90. The van der Waals surface area contributed by atoms with E-state index in [2.05, 4.69) is 44.7 Å². The SMILES string of the molecule is CCCn1ncc(OC)c1C(NC)c1sccc1Br. The van der Waals surface area contributed by atoms with Crippen LogP contribution in [0.3, 0.4) is 0 Å². The Hall–Kier alpha value is -0.850. The van der Waals surface area contributed by atoms with Crippen molar-refractivity contribution in [3.05, 3.63) is 32.7 Å². The number of thiophene rings is 1. The number of nitrogens with zero attached hydrogens (tertiary/aromatic N) is 2. The average Bonchev–Trinajstić information content (AvgIpc) is 3.00. The summed E-state index contributed by atoms with van der Waals surface area (Å²) in [6, 6.07) is 2.15. The first-order valence-corrected chi connectivity index (χ1v) is 7.90. The summed E-state index contributed by atoms with van der Waals surface area (Å²) in [5.41, 5.74) is 1.08. The Kier molecular flexibility index (Phi) is 5.01. The lowest BCUT2D eigenvalue weighted by molar-refractivity contribution is 0.400. The third kappa shape index (κ3) is 2.85. The second kappa shape index (κ2) is 6.54. The molecule has 0 radical (unpaired) electrons. The van der Waals surface area contributed by atoms with Crippen LogP contribution in [0.1, 0.15) is 30.0 Å². The van der Waals surface area contributed by atoms with Gasteiger partial charge in [0.25, 0.3) is 0 Å². The van der Waals surface area contributed by atoms with Crippen LogP contribution in [0.5, 0.6) is 5.75 Å². The van der Waals surface area contributed by atoms with Gasteiger partial charge in [-0.25, -0.2) is 0 Å². The van der Waals surface area contributed by atoms with E-state index in [-0.39, 0.29) is 6.04 Å². The Morgan fingerprint density at radius 1 is 1.58 bits per heavy atom. The Bertz CT molecular complexity index is 538. The molecule has 2 aromatic rings. The van der Waals surface area contributed by atoms with Gasteiger partial charge in [0.1, 0.15) is 5.69 Å². The highest BCUT2D eigenvalue weighted by Gasteiger charge is 2.24. The summed E-state index contributed by atoms with van der Waals surface area (Å²) in [6.07, 6.45) is 2.83. The van der Waals surface area contributed by atoms with Gasteiger partial charge in [0.15, 0.2) is 5.75 Å². The van der Waals surface area contributed by atoms with Crippen molar-refractivity contribution < 1.29 is 4.74 Å². The molecular formula is C13H18BrN3OS. The average molecular weight is 344 g/mol. The second-order valence-corrected chi connectivity index (χ2v) is 5.98. The zero-order valence-electron chi connectivity index (χ0n) is 11.3. The minimum Gasteiger partial charge on any atom is -0.493 e. The molecule has 0 aromatic carbocycles. The van der Waals surface area contributed by atoms with Gasteiger partial charge in [-0.2, -0.15) is 5.10 Å². The molecule has 104 valence electrons. The maximum Gasteiger partial charge on any atom is 0.161 e. The van der Waals surface area contributed by atoms with Crippen LogP contribution in [0.15, 0.2) is 22.1 Å². The summed E-state index contributed by atoms with van der Waals surface area (Å²) < 4.78 is 8.59. The van der Waals surface area contributed by atoms with Crippen molar-refractivity contribution >= 4 is 27.3 Å². The van der Waals surface area contributed by atoms with E-state index in [1.807, 2.05) is 11.7 Å². The first kappa shape index (κ1) is 14.6. The van der Waals surface area contributed by atoms with Crippen molar-refractivity contribution in [2.45, 2.75) is 25.9 Å².